The van der Waals surface area contributed by atoms with Crippen LogP contribution in [0.5, 0.6) is 5.75 Å². The molecule has 0 bridgehead atoms. The van der Waals surface area contributed by atoms with E-state index >= 15 is 0 Å². The van der Waals surface area contributed by atoms with Crippen molar-refractivity contribution in [1.82, 2.24) is 5.32 Å². The van der Waals surface area contributed by atoms with E-state index in [-0.39, 0.29) is 12.0 Å². The first kappa shape index (κ1) is 16.2. The monoisotopic (exact) mass is 335 g/mol. The highest BCUT2D eigenvalue weighted by Gasteiger charge is 2.31. The molecule has 1 amide bonds. The zero-order chi connectivity index (χ0) is 17.1. The van der Waals surface area contributed by atoms with Crippen LogP contribution in [-0.4, -0.2) is 18.6 Å². The summed E-state index contributed by atoms with van der Waals surface area (Å²) in [7, 11) is 0. The van der Waals surface area contributed by atoms with Gasteiger partial charge < -0.3 is 10.1 Å². The molecule has 0 saturated heterocycles. The van der Waals surface area contributed by atoms with Gasteiger partial charge in [-0.05, 0) is 48.8 Å². The quantitative estimate of drug-likeness (QED) is 0.894. The number of rotatable bonds is 5. The van der Waals surface area contributed by atoms with Gasteiger partial charge in [-0.1, -0.05) is 55.0 Å². The van der Waals surface area contributed by atoms with E-state index in [1.807, 2.05) is 24.3 Å². The van der Waals surface area contributed by atoms with Crippen molar-refractivity contribution in [2.75, 3.05) is 6.54 Å². The Morgan fingerprint density at radius 2 is 1.80 bits per heavy atom. The smallest absolute Gasteiger partial charge is 0.261 e. The Morgan fingerprint density at radius 3 is 2.56 bits per heavy atom. The van der Waals surface area contributed by atoms with Gasteiger partial charge in [0, 0.05) is 12.5 Å². The van der Waals surface area contributed by atoms with Gasteiger partial charge in [-0.2, -0.15) is 0 Å². The number of para-hydroxylation sites is 1. The van der Waals surface area contributed by atoms with Gasteiger partial charge in [-0.15, -0.1) is 0 Å². The summed E-state index contributed by atoms with van der Waals surface area (Å²) in [5.41, 5.74) is 2.53. The van der Waals surface area contributed by atoms with Crippen LogP contribution in [0.25, 0.3) is 0 Å². The maximum Gasteiger partial charge on any atom is 0.261 e. The van der Waals surface area contributed by atoms with Crippen molar-refractivity contribution < 1.29 is 9.53 Å². The van der Waals surface area contributed by atoms with Crippen LogP contribution in [0.15, 0.2) is 54.6 Å². The van der Waals surface area contributed by atoms with Crippen molar-refractivity contribution in [2.24, 2.45) is 5.92 Å². The normalized spacial score (nSPS) is 20.7. The molecule has 1 N–H and O–H groups in total. The molecule has 1 aliphatic carbocycles. The summed E-state index contributed by atoms with van der Waals surface area (Å²) in [4.78, 5) is 12.6. The molecule has 2 aromatic rings. The molecule has 2 aromatic carbocycles. The van der Waals surface area contributed by atoms with Gasteiger partial charge in [0.15, 0.2) is 6.10 Å². The summed E-state index contributed by atoms with van der Waals surface area (Å²) in [6.45, 7) is 0.703. The molecular formula is C22H25NO2. The highest BCUT2D eigenvalue weighted by atomic mass is 16.5. The van der Waals surface area contributed by atoms with Gasteiger partial charge in [-0.25, -0.2) is 0 Å². The number of carbonyl (C=O) groups excluding carboxylic acids is 1. The van der Waals surface area contributed by atoms with Crippen molar-refractivity contribution in [3.8, 4) is 5.75 Å². The van der Waals surface area contributed by atoms with Crippen LogP contribution < -0.4 is 10.1 Å². The molecule has 2 aliphatic rings. The van der Waals surface area contributed by atoms with Crippen molar-refractivity contribution in [1.29, 1.82) is 0 Å². The van der Waals surface area contributed by atoms with Crippen LogP contribution in [-0.2, 0) is 11.2 Å². The van der Waals surface area contributed by atoms with Crippen LogP contribution >= 0.6 is 0 Å². The first-order valence-electron chi connectivity index (χ1n) is 9.38. The molecule has 3 nitrogen and oxygen atoms in total. The Bertz CT molecular complexity index is 724. The second-order valence-electron chi connectivity index (χ2n) is 7.21. The molecule has 1 aliphatic heterocycles. The van der Waals surface area contributed by atoms with Crippen molar-refractivity contribution in [2.45, 2.75) is 44.1 Å². The molecule has 2 atom stereocenters. The van der Waals surface area contributed by atoms with Crippen LogP contribution in [0.4, 0.5) is 0 Å². The summed E-state index contributed by atoms with van der Waals surface area (Å²) in [6.07, 6.45) is 5.13. The van der Waals surface area contributed by atoms with Crippen LogP contribution in [0.2, 0.25) is 0 Å². The first-order valence-corrected chi connectivity index (χ1v) is 9.38. The Morgan fingerprint density at radius 1 is 1.04 bits per heavy atom. The van der Waals surface area contributed by atoms with Gasteiger partial charge in [0.1, 0.15) is 5.75 Å². The molecule has 3 heteroatoms. The zero-order valence-corrected chi connectivity index (χ0v) is 14.5. The predicted molar refractivity (Wildman–Crippen MR) is 98.7 cm³/mol. The lowest BCUT2D eigenvalue weighted by Crippen LogP contribution is -2.43. The van der Waals surface area contributed by atoms with Gasteiger partial charge in [0.2, 0.25) is 0 Å². The number of nitrogens with one attached hydrogen (secondary N) is 1. The molecule has 130 valence electrons. The van der Waals surface area contributed by atoms with E-state index in [9.17, 15) is 4.79 Å². The number of aryl methyl sites for hydroxylation is 1. The molecule has 0 aromatic heterocycles. The number of benzene rings is 2. The van der Waals surface area contributed by atoms with Gasteiger partial charge in [-0.3, -0.25) is 4.79 Å². The van der Waals surface area contributed by atoms with Crippen molar-refractivity contribution in [3.05, 3.63) is 65.7 Å². The van der Waals surface area contributed by atoms with Gasteiger partial charge >= 0.3 is 0 Å². The standard InChI is InChI=1S/C22H25NO2/c24-22(21-14-13-18-9-4-5-12-20(18)25-21)23-15-19(17-10-6-11-17)16-7-2-1-3-8-16/h1-5,7-9,12,17,19,21H,6,10-11,13-15H2,(H,23,24)/t19-,21?/m0/s1. The van der Waals surface area contributed by atoms with Crippen LogP contribution in [0.1, 0.15) is 42.7 Å². The fourth-order valence-electron chi connectivity index (χ4n) is 3.93. The molecule has 25 heavy (non-hydrogen) atoms. The second kappa shape index (κ2) is 7.30. The Kier molecular flexibility index (Phi) is 4.73. The molecule has 1 heterocycles. The fourth-order valence-corrected chi connectivity index (χ4v) is 3.93. The molecule has 1 saturated carbocycles. The highest BCUT2D eigenvalue weighted by molar-refractivity contribution is 5.81. The summed E-state index contributed by atoms with van der Waals surface area (Å²) in [6, 6.07) is 18.6. The number of hydrogen-bond acceptors (Lipinski definition) is 2. The maximum absolute atomic E-state index is 12.6. The summed E-state index contributed by atoms with van der Waals surface area (Å²) < 4.78 is 5.92. The van der Waals surface area contributed by atoms with E-state index in [2.05, 4.69) is 35.6 Å². The maximum atomic E-state index is 12.6. The average Bonchev–Trinajstić information content (AvgIpc) is 2.63. The van der Waals surface area contributed by atoms with Crippen LogP contribution in [0.3, 0.4) is 0 Å². The number of carbonyl (C=O) groups is 1. The lowest BCUT2D eigenvalue weighted by atomic mass is 9.73. The van der Waals surface area contributed by atoms with E-state index < -0.39 is 0 Å². The van der Waals surface area contributed by atoms with Crippen molar-refractivity contribution in [3.63, 3.8) is 0 Å². The molecular weight excluding hydrogens is 310 g/mol. The number of ether oxygens (including phenoxy) is 1. The zero-order valence-electron chi connectivity index (χ0n) is 14.5. The lowest BCUT2D eigenvalue weighted by molar-refractivity contribution is -0.128. The predicted octanol–water partition coefficient (Wildman–Crippen LogP) is 4.08. The first-order chi connectivity index (χ1) is 12.3. The summed E-state index contributed by atoms with van der Waals surface area (Å²) >= 11 is 0. The number of amides is 1. The third-order valence-corrected chi connectivity index (χ3v) is 5.65. The van der Waals surface area contributed by atoms with Crippen LogP contribution in [0, 0.1) is 5.92 Å². The topological polar surface area (TPSA) is 38.3 Å². The molecule has 1 unspecified atom stereocenters. The van der Waals surface area contributed by atoms with Gasteiger partial charge in [0.05, 0.1) is 0 Å². The minimum atomic E-state index is -0.368. The molecule has 0 spiro atoms. The van der Waals surface area contributed by atoms with E-state index in [1.165, 1.54) is 30.4 Å². The van der Waals surface area contributed by atoms with E-state index in [4.69, 9.17) is 4.74 Å². The second-order valence-corrected chi connectivity index (χ2v) is 7.21. The largest absolute Gasteiger partial charge is 0.480 e. The summed E-state index contributed by atoms with van der Waals surface area (Å²) in [5, 5.41) is 3.17. The number of fused-ring (bicyclic) bond motifs is 1. The Hall–Kier alpha value is -2.29. The Balaban J connectivity index is 1.39. The third-order valence-electron chi connectivity index (χ3n) is 5.65. The lowest BCUT2D eigenvalue weighted by Gasteiger charge is -2.35. The average molecular weight is 335 g/mol. The summed E-state index contributed by atoms with van der Waals surface area (Å²) in [5.74, 6) is 1.98. The SMILES string of the molecule is O=C(NC[C@@H](c1ccccc1)C1CCC1)C1CCc2ccccc2O1. The van der Waals surface area contributed by atoms with Crippen molar-refractivity contribution >= 4 is 5.91 Å². The third kappa shape index (κ3) is 3.55. The van der Waals surface area contributed by atoms with E-state index in [1.54, 1.807) is 0 Å². The highest BCUT2D eigenvalue weighted by Crippen LogP contribution is 2.39. The molecule has 1 fully saturated rings. The van der Waals surface area contributed by atoms with Gasteiger partial charge in [0.25, 0.3) is 5.91 Å². The minimum Gasteiger partial charge on any atom is -0.480 e. The Labute approximate surface area is 149 Å². The number of hydrogen-bond donors (Lipinski definition) is 1. The minimum absolute atomic E-state index is 0.0229. The molecule has 4 rings (SSSR count). The van der Waals surface area contributed by atoms with E-state index in [0.29, 0.717) is 18.4 Å². The molecule has 0 radical (unpaired) electrons. The van der Waals surface area contributed by atoms with E-state index in [0.717, 1.165) is 18.6 Å². The fraction of sp³-hybridized carbons (Fsp3) is 0.409.